The Hall–Kier alpha value is -1.55. The van der Waals surface area contributed by atoms with Crippen LogP contribution in [0.1, 0.15) is 37.4 Å². The van der Waals surface area contributed by atoms with Crippen LogP contribution in [0, 0.1) is 6.92 Å². The summed E-state index contributed by atoms with van der Waals surface area (Å²) in [5.41, 5.74) is 1.86. The van der Waals surface area contributed by atoms with E-state index in [9.17, 15) is 9.90 Å². The summed E-state index contributed by atoms with van der Waals surface area (Å²) >= 11 is 0. The van der Waals surface area contributed by atoms with Gasteiger partial charge >= 0.3 is 5.97 Å². The van der Waals surface area contributed by atoms with E-state index in [4.69, 9.17) is 4.74 Å². The van der Waals surface area contributed by atoms with Crippen LogP contribution in [0.4, 0.5) is 0 Å². The first-order chi connectivity index (χ1) is 8.54. The van der Waals surface area contributed by atoms with Gasteiger partial charge in [-0.1, -0.05) is 12.1 Å². The minimum absolute atomic E-state index is 0.0000246. The highest BCUT2D eigenvalue weighted by molar-refractivity contribution is 5.69. The van der Waals surface area contributed by atoms with E-state index in [2.05, 4.69) is 5.32 Å². The van der Waals surface area contributed by atoms with Crippen LogP contribution in [0.5, 0.6) is 5.75 Å². The van der Waals surface area contributed by atoms with Crippen LogP contribution in [0.15, 0.2) is 18.2 Å². The van der Waals surface area contributed by atoms with Crippen molar-refractivity contribution in [3.63, 3.8) is 0 Å². The molecule has 0 amide bonds. The lowest BCUT2D eigenvalue weighted by molar-refractivity contribution is -0.143. The number of phenols is 1. The lowest BCUT2D eigenvalue weighted by Gasteiger charge is -2.15. The largest absolute Gasteiger partial charge is 0.508 e. The van der Waals surface area contributed by atoms with Crippen LogP contribution in [-0.4, -0.2) is 24.2 Å². The summed E-state index contributed by atoms with van der Waals surface area (Å²) in [6.07, 6.45) is 0.338. The Balaban J connectivity index is 2.45. The van der Waals surface area contributed by atoms with Crippen LogP contribution in [0.25, 0.3) is 0 Å². The molecule has 2 N–H and O–H groups in total. The number of carbonyl (C=O) groups is 1. The third-order valence-electron chi connectivity index (χ3n) is 2.74. The molecule has 1 aromatic rings. The summed E-state index contributed by atoms with van der Waals surface area (Å²) in [6, 6.07) is 5.59. The van der Waals surface area contributed by atoms with Crippen molar-refractivity contribution in [3.05, 3.63) is 29.3 Å². The van der Waals surface area contributed by atoms with Gasteiger partial charge in [-0.25, -0.2) is 0 Å². The number of hydrogen-bond donors (Lipinski definition) is 2. The van der Waals surface area contributed by atoms with Gasteiger partial charge in [-0.05, 0) is 32.4 Å². The molecule has 100 valence electrons. The number of aryl methyl sites for hydroxylation is 1. The van der Waals surface area contributed by atoms with Crippen LogP contribution >= 0.6 is 0 Å². The number of rotatable bonds is 6. The fraction of sp³-hybridized carbons (Fsp3) is 0.500. The van der Waals surface area contributed by atoms with E-state index < -0.39 is 0 Å². The SMILES string of the molecule is CCOC(=O)CCNC(C)c1ccc(C)cc1O. The van der Waals surface area contributed by atoms with E-state index in [1.54, 1.807) is 13.0 Å². The third-order valence-corrected chi connectivity index (χ3v) is 2.74. The molecule has 0 fully saturated rings. The molecule has 0 spiro atoms. The average molecular weight is 251 g/mol. The summed E-state index contributed by atoms with van der Waals surface area (Å²) < 4.78 is 4.84. The second-order valence-corrected chi connectivity index (χ2v) is 4.29. The third kappa shape index (κ3) is 4.37. The number of aromatic hydroxyl groups is 1. The number of phenolic OH excluding ortho intramolecular Hbond substituents is 1. The number of esters is 1. The molecule has 0 bridgehead atoms. The molecule has 4 nitrogen and oxygen atoms in total. The Kier molecular flexibility index (Phi) is 5.65. The zero-order valence-electron chi connectivity index (χ0n) is 11.2. The zero-order chi connectivity index (χ0) is 13.5. The monoisotopic (exact) mass is 251 g/mol. The highest BCUT2D eigenvalue weighted by atomic mass is 16.5. The number of carbonyl (C=O) groups excluding carboxylic acids is 1. The van der Waals surface area contributed by atoms with Gasteiger partial charge in [0.1, 0.15) is 5.75 Å². The van der Waals surface area contributed by atoms with Crippen molar-refractivity contribution < 1.29 is 14.6 Å². The normalized spacial score (nSPS) is 12.2. The number of hydrogen-bond acceptors (Lipinski definition) is 4. The molecule has 18 heavy (non-hydrogen) atoms. The maximum Gasteiger partial charge on any atom is 0.307 e. The van der Waals surface area contributed by atoms with Crippen LogP contribution < -0.4 is 5.32 Å². The summed E-state index contributed by atoms with van der Waals surface area (Å²) in [6.45, 7) is 6.62. The number of ether oxygens (including phenoxy) is 1. The molecule has 1 rings (SSSR count). The van der Waals surface area contributed by atoms with Gasteiger partial charge in [0.2, 0.25) is 0 Å². The van der Waals surface area contributed by atoms with Gasteiger partial charge in [-0.2, -0.15) is 0 Å². The molecule has 1 atom stereocenters. The van der Waals surface area contributed by atoms with E-state index in [1.807, 2.05) is 26.0 Å². The predicted molar refractivity (Wildman–Crippen MR) is 70.5 cm³/mol. The Labute approximate surface area is 108 Å². The molecule has 0 aliphatic heterocycles. The Morgan fingerprint density at radius 2 is 2.22 bits per heavy atom. The highest BCUT2D eigenvalue weighted by Gasteiger charge is 2.10. The number of nitrogens with one attached hydrogen (secondary N) is 1. The molecule has 0 saturated heterocycles. The van der Waals surface area contributed by atoms with E-state index >= 15 is 0 Å². The second kappa shape index (κ2) is 7.01. The summed E-state index contributed by atoms with van der Waals surface area (Å²) in [5.74, 6) is 0.0801. The highest BCUT2D eigenvalue weighted by Crippen LogP contribution is 2.24. The van der Waals surface area contributed by atoms with Crippen LogP contribution in [0.3, 0.4) is 0 Å². The lowest BCUT2D eigenvalue weighted by Crippen LogP contribution is -2.22. The molecular weight excluding hydrogens is 230 g/mol. The average Bonchev–Trinajstić information content (AvgIpc) is 2.29. The molecule has 4 heteroatoms. The molecule has 0 saturated carbocycles. The molecule has 0 aliphatic rings. The Bertz CT molecular complexity index is 404. The molecule has 1 aromatic carbocycles. The van der Waals surface area contributed by atoms with E-state index in [0.717, 1.165) is 11.1 Å². The van der Waals surface area contributed by atoms with Gasteiger partial charge in [0.25, 0.3) is 0 Å². The van der Waals surface area contributed by atoms with Gasteiger partial charge in [-0.15, -0.1) is 0 Å². The summed E-state index contributed by atoms with van der Waals surface area (Å²) in [5, 5.41) is 13.0. The fourth-order valence-electron chi connectivity index (χ4n) is 1.75. The second-order valence-electron chi connectivity index (χ2n) is 4.29. The van der Waals surface area contributed by atoms with Crippen LogP contribution in [-0.2, 0) is 9.53 Å². The molecule has 1 unspecified atom stereocenters. The maximum absolute atomic E-state index is 11.2. The smallest absolute Gasteiger partial charge is 0.307 e. The van der Waals surface area contributed by atoms with Crippen LogP contribution in [0.2, 0.25) is 0 Å². The number of benzene rings is 1. The standard InChI is InChI=1S/C14H21NO3/c1-4-18-14(17)7-8-15-11(3)12-6-5-10(2)9-13(12)16/h5-6,9,11,15-16H,4,7-8H2,1-3H3. The van der Waals surface area contributed by atoms with Crippen molar-refractivity contribution in [1.29, 1.82) is 0 Å². The van der Waals surface area contributed by atoms with Crippen molar-refractivity contribution in [2.24, 2.45) is 0 Å². The predicted octanol–water partition coefficient (Wildman–Crippen LogP) is 2.30. The first kappa shape index (κ1) is 14.5. The zero-order valence-corrected chi connectivity index (χ0v) is 11.2. The first-order valence-corrected chi connectivity index (χ1v) is 6.23. The quantitative estimate of drug-likeness (QED) is 0.762. The lowest BCUT2D eigenvalue weighted by atomic mass is 10.1. The van der Waals surface area contributed by atoms with E-state index in [0.29, 0.717) is 19.6 Å². The maximum atomic E-state index is 11.2. The fourth-order valence-corrected chi connectivity index (χ4v) is 1.75. The van der Waals surface area contributed by atoms with Gasteiger partial charge < -0.3 is 15.2 Å². The van der Waals surface area contributed by atoms with Gasteiger partial charge in [0.15, 0.2) is 0 Å². The van der Waals surface area contributed by atoms with Gasteiger partial charge in [0, 0.05) is 18.2 Å². The first-order valence-electron chi connectivity index (χ1n) is 6.23. The van der Waals surface area contributed by atoms with E-state index in [1.165, 1.54) is 0 Å². The minimum atomic E-state index is -0.203. The van der Waals surface area contributed by atoms with Crippen molar-refractivity contribution in [3.8, 4) is 5.75 Å². The van der Waals surface area contributed by atoms with Crippen molar-refractivity contribution in [2.75, 3.05) is 13.2 Å². The van der Waals surface area contributed by atoms with Crippen molar-refractivity contribution >= 4 is 5.97 Å². The topological polar surface area (TPSA) is 58.6 Å². The van der Waals surface area contributed by atoms with Gasteiger partial charge in [0.05, 0.1) is 13.0 Å². The molecular formula is C14H21NO3. The Morgan fingerprint density at radius 1 is 1.50 bits per heavy atom. The summed E-state index contributed by atoms with van der Waals surface area (Å²) in [7, 11) is 0. The molecule has 0 aromatic heterocycles. The minimum Gasteiger partial charge on any atom is -0.508 e. The Morgan fingerprint density at radius 3 is 2.83 bits per heavy atom. The molecule has 0 aliphatic carbocycles. The molecule has 0 heterocycles. The van der Waals surface area contributed by atoms with E-state index in [-0.39, 0.29) is 17.8 Å². The molecule has 0 radical (unpaired) electrons. The van der Waals surface area contributed by atoms with Crippen molar-refractivity contribution in [1.82, 2.24) is 5.32 Å². The van der Waals surface area contributed by atoms with Gasteiger partial charge in [-0.3, -0.25) is 4.79 Å². The van der Waals surface area contributed by atoms with Crippen molar-refractivity contribution in [2.45, 2.75) is 33.2 Å². The summed E-state index contributed by atoms with van der Waals surface area (Å²) in [4.78, 5) is 11.2.